The molecule has 3 aromatic rings. The number of aliphatic hydroxyl groups excluding tert-OH is 2. The normalized spacial score (nSPS) is 11.4. The van der Waals surface area contributed by atoms with Gasteiger partial charge < -0.3 is 35.3 Å². The average Bonchev–Trinajstić information content (AvgIpc) is 2.97. The van der Waals surface area contributed by atoms with Crippen LogP contribution in [0.5, 0.6) is 5.75 Å². The van der Waals surface area contributed by atoms with Gasteiger partial charge in [-0.2, -0.15) is 0 Å². The summed E-state index contributed by atoms with van der Waals surface area (Å²) in [6.07, 6.45) is 7.24. The third-order valence-corrected chi connectivity index (χ3v) is 6.25. The molecule has 0 aliphatic carbocycles. The molecule has 0 amide bonds. The number of carbonyl (C=O) groups excluding carboxylic acids is 1. The number of hydrogen-bond acceptors (Lipinski definition) is 7. The minimum absolute atomic E-state index is 0.0533. The number of aliphatic hydroxyl groups is 2. The lowest BCUT2D eigenvalue weighted by Gasteiger charge is -2.14. The van der Waals surface area contributed by atoms with E-state index in [2.05, 4.69) is 35.6 Å². The van der Waals surface area contributed by atoms with Crippen LogP contribution in [0.3, 0.4) is 0 Å². The number of aromatic carboxylic acids is 1. The topological polar surface area (TPSA) is 122 Å². The minimum Gasteiger partial charge on any atom is -0.545 e. The maximum atomic E-state index is 10.2. The predicted molar refractivity (Wildman–Crippen MR) is 151 cm³/mol. The van der Waals surface area contributed by atoms with E-state index in [1.807, 2.05) is 0 Å². The van der Waals surface area contributed by atoms with Crippen LogP contribution in [0.2, 0.25) is 0 Å². The van der Waals surface area contributed by atoms with Crippen LogP contribution in [0.25, 0.3) is 0 Å². The molecule has 0 saturated carbocycles. The van der Waals surface area contributed by atoms with E-state index in [0.29, 0.717) is 17.7 Å². The van der Waals surface area contributed by atoms with E-state index in [9.17, 15) is 25.2 Å². The van der Waals surface area contributed by atoms with E-state index in [1.165, 1.54) is 30.2 Å². The zero-order valence-corrected chi connectivity index (χ0v) is 22.6. The lowest BCUT2D eigenvalue weighted by molar-refractivity contribution is -0.255. The van der Waals surface area contributed by atoms with Gasteiger partial charge in [-0.25, -0.2) is 0 Å². The van der Waals surface area contributed by atoms with Gasteiger partial charge in [0.25, 0.3) is 0 Å². The summed E-state index contributed by atoms with van der Waals surface area (Å²) in [4.78, 5) is 10.1. The highest BCUT2D eigenvalue weighted by molar-refractivity contribution is 5.85. The third-order valence-electron chi connectivity index (χ3n) is 6.25. The van der Waals surface area contributed by atoms with Crippen molar-refractivity contribution in [2.75, 3.05) is 26.3 Å². The first-order chi connectivity index (χ1) is 19.0. The maximum absolute atomic E-state index is 10.2. The fourth-order valence-corrected chi connectivity index (χ4v) is 3.96. The van der Waals surface area contributed by atoms with Gasteiger partial charge in [-0.3, -0.25) is 0 Å². The Balaban J connectivity index is 0.000000499. The number of unbranched alkanes of at least 4 members (excludes halogenated alkanes) is 4. The number of rotatable bonds is 17. The first-order valence-corrected chi connectivity index (χ1v) is 13.7. The molecule has 0 aromatic heterocycles. The average molecular weight is 537 g/mol. The number of ether oxygens (including phenoxy) is 1. The number of hydrogen-bond donors (Lipinski definition) is 4. The number of carboxylic acid groups (broad SMARTS) is 1. The molecule has 3 rings (SSSR count). The van der Waals surface area contributed by atoms with E-state index >= 15 is 0 Å². The van der Waals surface area contributed by atoms with Gasteiger partial charge in [0.05, 0.1) is 18.7 Å². The molecule has 0 radical (unpaired) electrons. The van der Waals surface area contributed by atoms with Crippen molar-refractivity contribution in [3.8, 4) is 5.75 Å². The molecule has 0 bridgehead atoms. The summed E-state index contributed by atoms with van der Waals surface area (Å²) in [5, 5.41) is 42.3. The molecule has 0 heterocycles. The summed E-state index contributed by atoms with van der Waals surface area (Å²) in [5.74, 6) is -1.08. The standard InChI is InChI=1S/C25H37NO4.C7H6O2/c27-20-23-18-22(13-14-24(23)28)25(29)19-26-15-7-1-2-8-16-30-17-9-6-12-21-10-4-3-5-11-21;8-7(9)6-4-2-1-3-5-6/h3-5,10-11,13-14,18,25-29H,1-2,6-9,12,15-17,19-20H2;1-5H,(H,8,9)/p-1. The van der Waals surface area contributed by atoms with E-state index < -0.39 is 12.1 Å². The van der Waals surface area contributed by atoms with Gasteiger partial charge in [-0.05, 0) is 67.5 Å². The molecule has 212 valence electrons. The van der Waals surface area contributed by atoms with E-state index in [-0.39, 0.29) is 17.9 Å². The maximum Gasteiger partial charge on any atom is 0.121 e. The van der Waals surface area contributed by atoms with E-state index in [1.54, 1.807) is 30.3 Å². The largest absolute Gasteiger partial charge is 0.545 e. The molecule has 0 aliphatic heterocycles. The van der Waals surface area contributed by atoms with Crippen molar-refractivity contribution in [3.63, 3.8) is 0 Å². The molecule has 0 saturated heterocycles. The van der Waals surface area contributed by atoms with Gasteiger partial charge in [0.1, 0.15) is 5.75 Å². The second-order valence-electron chi connectivity index (χ2n) is 9.39. The molecule has 7 nitrogen and oxygen atoms in total. The van der Waals surface area contributed by atoms with Crippen LogP contribution in [-0.4, -0.2) is 47.6 Å². The first kappa shape index (κ1) is 32.0. The minimum atomic E-state index is -1.13. The van der Waals surface area contributed by atoms with Gasteiger partial charge in [-0.15, -0.1) is 0 Å². The second-order valence-corrected chi connectivity index (χ2v) is 9.39. The molecule has 1 unspecified atom stereocenters. The van der Waals surface area contributed by atoms with Crippen LogP contribution in [0.4, 0.5) is 0 Å². The second kappa shape index (κ2) is 19.8. The summed E-state index contributed by atoms with van der Waals surface area (Å²) in [6.45, 7) is 2.77. The lowest BCUT2D eigenvalue weighted by atomic mass is 10.1. The van der Waals surface area contributed by atoms with Crippen LogP contribution in [0.1, 0.15) is 71.7 Å². The van der Waals surface area contributed by atoms with E-state index in [4.69, 9.17) is 4.74 Å². The van der Waals surface area contributed by atoms with Gasteiger partial charge in [0.15, 0.2) is 0 Å². The molecule has 0 fully saturated rings. The molecular weight excluding hydrogens is 494 g/mol. The molecular formula is C32H42NO6-. The number of phenols is 1. The van der Waals surface area contributed by atoms with Crippen LogP contribution in [-0.2, 0) is 17.8 Å². The van der Waals surface area contributed by atoms with Gasteiger partial charge in [0.2, 0.25) is 0 Å². The fourth-order valence-electron chi connectivity index (χ4n) is 3.96. The summed E-state index contributed by atoms with van der Waals surface area (Å²) in [5.41, 5.74) is 2.75. The van der Waals surface area contributed by atoms with Gasteiger partial charge in [0, 0.05) is 25.3 Å². The lowest BCUT2D eigenvalue weighted by Crippen LogP contribution is -2.22. The molecule has 0 spiro atoms. The summed E-state index contributed by atoms with van der Waals surface area (Å²) in [7, 11) is 0. The molecule has 4 N–H and O–H groups in total. The number of aryl methyl sites for hydroxylation is 1. The number of aromatic hydroxyl groups is 1. The van der Waals surface area contributed by atoms with Crippen molar-refractivity contribution >= 4 is 5.97 Å². The highest BCUT2D eigenvalue weighted by Crippen LogP contribution is 2.22. The van der Waals surface area contributed by atoms with Crippen molar-refractivity contribution < 1.29 is 30.0 Å². The molecule has 39 heavy (non-hydrogen) atoms. The Labute approximate surface area is 232 Å². The van der Waals surface area contributed by atoms with Crippen molar-refractivity contribution in [1.29, 1.82) is 0 Å². The number of nitrogens with one attached hydrogen (secondary N) is 1. The first-order valence-electron chi connectivity index (χ1n) is 13.7. The smallest absolute Gasteiger partial charge is 0.121 e. The summed E-state index contributed by atoms with van der Waals surface area (Å²) >= 11 is 0. The van der Waals surface area contributed by atoms with E-state index in [0.717, 1.165) is 58.3 Å². The van der Waals surface area contributed by atoms with Crippen molar-refractivity contribution in [2.45, 2.75) is 57.7 Å². The van der Waals surface area contributed by atoms with Crippen LogP contribution >= 0.6 is 0 Å². The Morgan fingerprint density at radius 3 is 2.13 bits per heavy atom. The Kier molecular flexibility index (Phi) is 16.2. The Bertz CT molecular complexity index is 1050. The van der Waals surface area contributed by atoms with Crippen LogP contribution in [0.15, 0.2) is 78.9 Å². The predicted octanol–water partition coefficient (Wildman–Crippen LogP) is 4.16. The van der Waals surface area contributed by atoms with Gasteiger partial charge >= 0.3 is 0 Å². The highest BCUT2D eigenvalue weighted by atomic mass is 16.5. The monoisotopic (exact) mass is 536 g/mol. The van der Waals surface area contributed by atoms with Crippen molar-refractivity contribution in [2.24, 2.45) is 0 Å². The highest BCUT2D eigenvalue weighted by Gasteiger charge is 2.09. The van der Waals surface area contributed by atoms with Crippen molar-refractivity contribution in [3.05, 3.63) is 101 Å². The summed E-state index contributed by atoms with van der Waals surface area (Å²) < 4.78 is 5.72. The third kappa shape index (κ3) is 13.9. The zero-order chi connectivity index (χ0) is 28.1. The molecule has 0 aliphatic rings. The number of carboxylic acids is 1. The molecule has 3 aromatic carbocycles. The van der Waals surface area contributed by atoms with Crippen molar-refractivity contribution in [1.82, 2.24) is 5.32 Å². The Morgan fingerprint density at radius 1 is 0.846 bits per heavy atom. The number of benzene rings is 3. The molecule has 7 heteroatoms. The summed E-state index contributed by atoms with van der Waals surface area (Å²) in [6, 6.07) is 23.5. The molecule has 1 atom stereocenters. The Hall–Kier alpha value is -3.23. The zero-order valence-electron chi connectivity index (χ0n) is 22.6. The van der Waals surface area contributed by atoms with Crippen LogP contribution < -0.4 is 10.4 Å². The number of carbonyl (C=O) groups is 1. The quantitative estimate of drug-likeness (QED) is 0.191. The fraction of sp³-hybridized carbons (Fsp3) is 0.406. The Morgan fingerprint density at radius 2 is 1.49 bits per heavy atom. The van der Waals surface area contributed by atoms with Crippen LogP contribution in [0, 0.1) is 0 Å². The SMILES string of the molecule is O=C([O-])c1ccccc1.OCc1cc(C(O)CNCCCCCCOCCCCc2ccccc2)ccc1O. The van der Waals surface area contributed by atoms with Gasteiger partial charge in [-0.1, -0.05) is 79.6 Å².